The van der Waals surface area contributed by atoms with Crippen LogP contribution in [-0.2, 0) is 6.54 Å². The van der Waals surface area contributed by atoms with E-state index in [2.05, 4.69) is 11.8 Å². The number of halogens is 1. The molecule has 1 aromatic carbocycles. The van der Waals surface area contributed by atoms with Crippen LogP contribution in [0.3, 0.4) is 0 Å². The van der Waals surface area contributed by atoms with Gasteiger partial charge in [0.2, 0.25) is 0 Å². The Labute approximate surface area is 118 Å². The van der Waals surface area contributed by atoms with Gasteiger partial charge in [-0.15, -0.1) is 0 Å². The molecule has 1 heterocycles. The molecule has 0 bridgehead atoms. The van der Waals surface area contributed by atoms with Crippen molar-refractivity contribution < 1.29 is 14.4 Å². The molecule has 1 saturated heterocycles. The van der Waals surface area contributed by atoms with Crippen molar-refractivity contribution in [1.82, 2.24) is 4.90 Å². The zero-order valence-electron chi connectivity index (χ0n) is 11.1. The zero-order valence-corrected chi connectivity index (χ0v) is 11.9. The van der Waals surface area contributed by atoms with Gasteiger partial charge in [0.25, 0.3) is 0 Å². The summed E-state index contributed by atoms with van der Waals surface area (Å²) in [5, 5.41) is 18.9. The molecule has 1 aliphatic rings. The second kappa shape index (κ2) is 6.75. The molecule has 0 amide bonds. The van der Waals surface area contributed by atoms with E-state index in [4.69, 9.17) is 10.0 Å². The molecular formula is C13H19BFNO2S. The molecule has 0 aromatic heterocycles. The van der Waals surface area contributed by atoms with Crippen LogP contribution >= 0.6 is 11.8 Å². The van der Waals surface area contributed by atoms with E-state index in [9.17, 15) is 4.39 Å². The zero-order chi connectivity index (χ0) is 13.8. The molecule has 3 nitrogen and oxygen atoms in total. The largest absolute Gasteiger partial charge is 0.491 e. The lowest BCUT2D eigenvalue weighted by atomic mass is 9.79. The molecule has 2 rings (SSSR count). The summed E-state index contributed by atoms with van der Waals surface area (Å²) in [5.41, 5.74) is 0.877. The molecule has 6 heteroatoms. The minimum Gasteiger partial charge on any atom is -0.423 e. The molecule has 1 aliphatic heterocycles. The van der Waals surface area contributed by atoms with Crippen molar-refractivity contribution in [3.63, 3.8) is 0 Å². The van der Waals surface area contributed by atoms with Gasteiger partial charge in [-0.1, -0.05) is 19.1 Å². The van der Waals surface area contributed by atoms with Gasteiger partial charge in [0, 0.05) is 36.1 Å². The average molecular weight is 283 g/mol. The summed E-state index contributed by atoms with van der Waals surface area (Å²) in [4.78, 5) is 2.34. The van der Waals surface area contributed by atoms with E-state index in [1.807, 2.05) is 11.8 Å². The number of hydrogen-bond acceptors (Lipinski definition) is 4. The minimum atomic E-state index is -1.75. The Bertz CT molecular complexity index is 433. The fourth-order valence-corrected chi connectivity index (χ4v) is 3.57. The third-order valence-electron chi connectivity index (χ3n) is 3.42. The maximum absolute atomic E-state index is 13.4. The van der Waals surface area contributed by atoms with Gasteiger partial charge in [0.15, 0.2) is 0 Å². The molecule has 1 unspecified atom stereocenters. The highest BCUT2D eigenvalue weighted by atomic mass is 32.2. The Kier molecular flexibility index (Phi) is 5.27. The monoisotopic (exact) mass is 283 g/mol. The third kappa shape index (κ3) is 3.95. The van der Waals surface area contributed by atoms with E-state index in [1.54, 1.807) is 12.1 Å². The van der Waals surface area contributed by atoms with Crippen LogP contribution in [0.4, 0.5) is 4.39 Å². The van der Waals surface area contributed by atoms with Crippen molar-refractivity contribution in [2.24, 2.45) is 0 Å². The summed E-state index contributed by atoms with van der Waals surface area (Å²) < 4.78 is 13.4. The van der Waals surface area contributed by atoms with Crippen LogP contribution in [0.25, 0.3) is 0 Å². The molecule has 2 N–H and O–H groups in total. The van der Waals surface area contributed by atoms with Crippen LogP contribution in [0.1, 0.15) is 18.9 Å². The Morgan fingerprint density at radius 2 is 2.26 bits per heavy atom. The standard InChI is InChI=1S/C13H19BFNO2S/c1-2-11-9-16(5-6-19-11)8-10-3-4-13(15)12(7-10)14(17)18/h3-4,7,11,17-18H,2,5-6,8-9H2,1H3. The van der Waals surface area contributed by atoms with E-state index in [-0.39, 0.29) is 5.46 Å². The molecule has 1 aromatic rings. The van der Waals surface area contributed by atoms with E-state index in [0.29, 0.717) is 5.25 Å². The van der Waals surface area contributed by atoms with E-state index >= 15 is 0 Å². The number of nitrogens with zero attached hydrogens (tertiary/aromatic N) is 1. The lowest BCUT2D eigenvalue weighted by Crippen LogP contribution is -2.38. The number of hydrogen-bond donors (Lipinski definition) is 2. The summed E-state index contributed by atoms with van der Waals surface area (Å²) in [5.74, 6) is 0.550. The Hall–Kier alpha value is -0.555. The summed E-state index contributed by atoms with van der Waals surface area (Å²) in [6.45, 7) is 4.99. The van der Waals surface area contributed by atoms with Crippen molar-refractivity contribution in [1.29, 1.82) is 0 Å². The first-order valence-corrected chi connectivity index (χ1v) is 7.63. The quantitative estimate of drug-likeness (QED) is 0.804. The van der Waals surface area contributed by atoms with Crippen LogP contribution in [-0.4, -0.2) is 46.2 Å². The minimum absolute atomic E-state index is 0.0454. The van der Waals surface area contributed by atoms with Crippen LogP contribution < -0.4 is 5.46 Å². The van der Waals surface area contributed by atoms with Gasteiger partial charge in [-0.25, -0.2) is 4.39 Å². The molecule has 19 heavy (non-hydrogen) atoms. The summed E-state index contributed by atoms with van der Waals surface area (Å²) in [7, 11) is -1.75. The van der Waals surface area contributed by atoms with Gasteiger partial charge in [0.1, 0.15) is 5.82 Å². The highest BCUT2D eigenvalue weighted by Crippen LogP contribution is 2.22. The van der Waals surface area contributed by atoms with Crippen LogP contribution in [0.2, 0.25) is 0 Å². The molecule has 0 spiro atoms. The van der Waals surface area contributed by atoms with E-state index < -0.39 is 12.9 Å². The predicted molar refractivity (Wildman–Crippen MR) is 78.0 cm³/mol. The van der Waals surface area contributed by atoms with Crippen LogP contribution in [0.5, 0.6) is 0 Å². The SMILES string of the molecule is CCC1CN(Cc2ccc(F)c(B(O)O)c2)CCS1. The maximum Gasteiger partial charge on any atom is 0.491 e. The summed E-state index contributed by atoms with van der Waals surface area (Å²) >= 11 is 2.01. The first-order chi connectivity index (χ1) is 9.10. The Balaban J connectivity index is 2.04. The van der Waals surface area contributed by atoms with Crippen molar-refractivity contribution >= 4 is 24.3 Å². The second-order valence-corrected chi connectivity index (χ2v) is 6.27. The maximum atomic E-state index is 13.4. The molecular weight excluding hydrogens is 264 g/mol. The highest BCUT2D eigenvalue weighted by molar-refractivity contribution is 8.00. The van der Waals surface area contributed by atoms with E-state index in [0.717, 1.165) is 37.4 Å². The summed E-state index contributed by atoms with van der Waals surface area (Å²) in [6.07, 6.45) is 1.16. The van der Waals surface area contributed by atoms with Crippen molar-refractivity contribution in [2.75, 3.05) is 18.8 Å². The molecule has 1 atom stereocenters. The van der Waals surface area contributed by atoms with Crippen LogP contribution in [0, 0.1) is 5.82 Å². The predicted octanol–water partition coefficient (Wildman–Crippen LogP) is 0.833. The van der Waals surface area contributed by atoms with Gasteiger partial charge < -0.3 is 10.0 Å². The smallest absolute Gasteiger partial charge is 0.423 e. The Morgan fingerprint density at radius 3 is 2.95 bits per heavy atom. The van der Waals surface area contributed by atoms with Gasteiger partial charge >= 0.3 is 7.12 Å². The Morgan fingerprint density at radius 1 is 1.47 bits per heavy atom. The molecule has 0 radical (unpaired) electrons. The van der Waals surface area contributed by atoms with Gasteiger partial charge in [-0.3, -0.25) is 4.90 Å². The van der Waals surface area contributed by atoms with Gasteiger partial charge in [-0.05, 0) is 18.1 Å². The third-order valence-corrected chi connectivity index (χ3v) is 4.80. The molecule has 1 fully saturated rings. The first kappa shape index (κ1) is 14.8. The number of thioether (sulfide) groups is 1. The van der Waals surface area contributed by atoms with Gasteiger partial charge in [0.05, 0.1) is 0 Å². The first-order valence-electron chi connectivity index (χ1n) is 6.58. The number of rotatable bonds is 4. The average Bonchev–Trinajstić information content (AvgIpc) is 2.41. The fraction of sp³-hybridized carbons (Fsp3) is 0.538. The highest BCUT2D eigenvalue weighted by Gasteiger charge is 2.21. The fourth-order valence-electron chi connectivity index (χ4n) is 2.32. The molecule has 0 saturated carbocycles. The lowest BCUT2D eigenvalue weighted by Gasteiger charge is -2.32. The van der Waals surface area contributed by atoms with Crippen molar-refractivity contribution in [3.05, 3.63) is 29.6 Å². The molecule has 104 valence electrons. The van der Waals surface area contributed by atoms with Crippen molar-refractivity contribution in [3.8, 4) is 0 Å². The van der Waals surface area contributed by atoms with Crippen LogP contribution in [0.15, 0.2) is 18.2 Å². The second-order valence-electron chi connectivity index (χ2n) is 4.87. The molecule has 0 aliphatic carbocycles. The van der Waals surface area contributed by atoms with Crippen molar-refractivity contribution in [2.45, 2.75) is 25.1 Å². The normalized spacial score (nSPS) is 20.5. The van der Waals surface area contributed by atoms with Gasteiger partial charge in [-0.2, -0.15) is 11.8 Å². The van der Waals surface area contributed by atoms with E-state index in [1.165, 1.54) is 6.07 Å². The summed E-state index contributed by atoms with van der Waals surface area (Å²) in [6, 6.07) is 4.56. The topological polar surface area (TPSA) is 43.7 Å². The number of benzene rings is 1. The lowest BCUT2D eigenvalue weighted by molar-refractivity contribution is 0.273.